The third kappa shape index (κ3) is 5.68. The molecule has 3 heteroatoms. The number of nitrogens with one attached hydrogen (secondary N) is 1. The zero-order valence-corrected chi connectivity index (χ0v) is 14.4. The summed E-state index contributed by atoms with van der Waals surface area (Å²) in [5.41, 5.74) is 1.47. The number of rotatable bonds is 10. The topological polar surface area (TPSA) is 28.7 Å². The zero-order valence-electron chi connectivity index (χ0n) is 12.8. The molecule has 19 heavy (non-hydrogen) atoms. The van der Waals surface area contributed by atoms with E-state index in [0.717, 1.165) is 4.73 Å². The first-order valence-electron chi connectivity index (χ1n) is 7.83. The van der Waals surface area contributed by atoms with Crippen LogP contribution in [-0.2, 0) is 5.41 Å². The Bertz CT molecular complexity index is 348. The van der Waals surface area contributed by atoms with Gasteiger partial charge in [0.05, 0.1) is 5.69 Å². The predicted octanol–water partition coefficient (Wildman–Crippen LogP) is 5.98. The second-order valence-electron chi connectivity index (χ2n) is 5.90. The normalized spacial score (nSPS) is 14.5. The molecule has 110 valence electrons. The second kappa shape index (κ2) is 8.78. The average Bonchev–Trinajstić information content (AvgIpc) is 2.82. The van der Waals surface area contributed by atoms with Gasteiger partial charge in [0, 0.05) is 11.6 Å². The van der Waals surface area contributed by atoms with Gasteiger partial charge in [-0.15, -0.1) is 0 Å². The number of aromatic nitrogens is 2. The number of imidazole rings is 1. The molecule has 1 N–H and O–H groups in total. The first-order valence-corrected chi connectivity index (χ1v) is 8.63. The molecule has 1 aromatic rings. The van der Waals surface area contributed by atoms with Crippen molar-refractivity contribution in [2.45, 2.75) is 84.0 Å². The van der Waals surface area contributed by atoms with Crippen molar-refractivity contribution in [1.82, 2.24) is 9.97 Å². The van der Waals surface area contributed by atoms with Crippen molar-refractivity contribution in [2.24, 2.45) is 0 Å². The van der Waals surface area contributed by atoms with Gasteiger partial charge in [-0.1, -0.05) is 65.7 Å². The smallest absolute Gasteiger partial charge is 0.174 e. The first-order chi connectivity index (χ1) is 9.12. The molecule has 0 aromatic carbocycles. The van der Waals surface area contributed by atoms with E-state index >= 15 is 0 Å². The van der Waals surface area contributed by atoms with Crippen molar-refractivity contribution in [3.8, 4) is 0 Å². The van der Waals surface area contributed by atoms with Crippen molar-refractivity contribution in [1.29, 1.82) is 0 Å². The highest BCUT2D eigenvalue weighted by atomic mass is 79.9. The lowest BCUT2D eigenvalue weighted by atomic mass is 9.77. The molecule has 0 radical (unpaired) electrons. The molecule has 0 aliphatic heterocycles. The SMILES string of the molecule is CCCCCCC(C)(CCCCC)c1c[nH]c(Br)n1. The molecule has 1 heterocycles. The van der Waals surface area contributed by atoms with E-state index in [2.05, 4.69) is 52.9 Å². The van der Waals surface area contributed by atoms with Crippen LogP contribution >= 0.6 is 15.9 Å². The molecule has 0 amide bonds. The highest BCUT2D eigenvalue weighted by Crippen LogP contribution is 2.34. The van der Waals surface area contributed by atoms with Crippen LogP contribution in [0.2, 0.25) is 0 Å². The highest BCUT2D eigenvalue weighted by molar-refractivity contribution is 9.10. The van der Waals surface area contributed by atoms with Crippen LogP contribution in [0.15, 0.2) is 10.9 Å². The van der Waals surface area contributed by atoms with Gasteiger partial charge in [-0.25, -0.2) is 4.98 Å². The lowest BCUT2D eigenvalue weighted by molar-refractivity contribution is 0.358. The number of H-pyrrole nitrogens is 1. The Hall–Kier alpha value is -0.310. The van der Waals surface area contributed by atoms with E-state index in [1.807, 2.05) is 0 Å². The molecule has 0 fully saturated rings. The maximum atomic E-state index is 4.62. The van der Waals surface area contributed by atoms with E-state index in [1.165, 1.54) is 63.5 Å². The van der Waals surface area contributed by atoms with Crippen LogP contribution in [0.1, 0.15) is 84.3 Å². The standard InChI is InChI=1S/C16H29BrN2/c1-4-6-8-10-12-16(3,11-9-7-5-2)14-13-18-15(17)19-14/h13H,4-12H2,1-3H3,(H,18,19). The third-order valence-corrected chi connectivity index (χ3v) is 4.49. The Kier molecular flexibility index (Phi) is 7.74. The summed E-state index contributed by atoms with van der Waals surface area (Å²) in [5.74, 6) is 0. The van der Waals surface area contributed by atoms with Gasteiger partial charge in [-0.05, 0) is 28.8 Å². The zero-order chi connectivity index (χ0) is 14.1. The summed E-state index contributed by atoms with van der Waals surface area (Å²) in [5, 5.41) is 0. The summed E-state index contributed by atoms with van der Waals surface area (Å²) in [7, 11) is 0. The van der Waals surface area contributed by atoms with Gasteiger partial charge in [-0.2, -0.15) is 0 Å². The Morgan fingerprint density at radius 2 is 1.63 bits per heavy atom. The minimum absolute atomic E-state index is 0.241. The van der Waals surface area contributed by atoms with Gasteiger partial charge in [0.15, 0.2) is 4.73 Å². The monoisotopic (exact) mass is 328 g/mol. The fourth-order valence-corrected chi connectivity index (χ4v) is 3.00. The van der Waals surface area contributed by atoms with Crippen molar-refractivity contribution < 1.29 is 0 Å². The quantitative estimate of drug-likeness (QED) is 0.526. The molecule has 0 bridgehead atoms. The molecule has 1 aromatic heterocycles. The lowest BCUT2D eigenvalue weighted by Crippen LogP contribution is -2.22. The molecular weight excluding hydrogens is 300 g/mol. The Balaban J connectivity index is 2.60. The largest absolute Gasteiger partial charge is 0.339 e. The van der Waals surface area contributed by atoms with E-state index in [9.17, 15) is 0 Å². The third-order valence-electron chi connectivity index (χ3n) is 4.08. The molecule has 0 aliphatic carbocycles. The fourth-order valence-electron chi connectivity index (χ4n) is 2.70. The van der Waals surface area contributed by atoms with E-state index in [1.54, 1.807) is 0 Å². The van der Waals surface area contributed by atoms with Gasteiger partial charge in [-0.3, -0.25) is 0 Å². The van der Waals surface area contributed by atoms with E-state index < -0.39 is 0 Å². The average molecular weight is 329 g/mol. The molecule has 0 saturated carbocycles. The summed E-state index contributed by atoms with van der Waals surface area (Å²) < 4.78 is 0.859. The van der Waals surface area contributed by atoms with Crippen LogP contribution in [-0.4, -0.2) is 9.97 Å². The molecular formula is C16H29BrN2. The number of hydrogen-bond acceptors (Lipinski definition) is 1. The molecule has 0 spiro atoms. The Labute approximate surface area is 126 Å². The molecule has 1 unspecified atom stereocenters. The van der Waals surface area contributed by atoms with Gasteiger partial charge in [0.25, 0.3) is 0 Å². The van der Waals surface area contributed by atoms with Crippen molar-refractivity contribution >= 4 is 15.9 Å². The number of aromatic amines is 1. The van der Waals surface area contributed by atoms with E-state index in [0.29, 0.717) is 0 Å². The number of halogens is 1. The summed E-state index contributed by atoms with van der Waals surface area (Å²) in [6, 6.07) is 0. The predicted molar refractivity (Wildman–Crippen MR) is 86.5 cm³/mol. The van der Waals surface area contributed by atoms with Crippen LogP contribution in [0.4, 0.5) is 0 Å². The van der Waals surface area contributed by atoms with Gasteiger partial charge in [0.1, 0.15) is 0 Å². The van der Waals surface area contributed by atoms with E-state index in [4.69, 9.17) is 0 Å². The minimum Gasteiger partial charge on any atom is -0.339 e. The van der Waals surface area contributed by atoms with Crippen LogP contribution in [0.3, 0.4) is 0 Å². The molecule has 0 aliphatic rings. The van der Waals surface area contributed by atoms with Gasteiger partial charge >= 0.3 is 0 Å². The summed E-state index contributed by atoms with van der Waals surface area (Å²) in [4.78, 5) is 7.79. The number of hydrogen-bond donors (Lipinski definition) is 1. The first kappa shape index (κ1) is 16.7. The van der Waals surface area contributed by atoms with Crippen LogP contribution in [0.5, 0.6) is 0 Å². The van der Waals surface area contributed by atoms with Crippen LogP contribution in [0, 0.1) is 0 Å². The Morgan fingerprint density at radius 3 is 2.16 bits per heavy atom. The summed E-state index contributed by atoms with van der Waals surface area (Å²) in [6.45, 7) is 6.92. The second-order valence-corrected chi connectivity index (χ2v) is 6.66. The maximum absolute atomic E-state index is 4.62. The molecule has 1 rings (SSSR count). The highest BCUT2D eigenvalue weighted by Gasteiger charge is 2.28. The van der Waals surface area contributed by atoms with Gasteiger partial charge in [0.2, 0.25) is 0 Å². The Morgan fingerprint density at radius 1 is 1.05 bits per heavy atom. The van der Waals surface area contributed by atoms with Crippen LogP contribution in [0.25, 0.3) is 0 Å². The summed E-state index contributed by atoms with van der Waals surface area (Å²) >= 11 is 3.43. The van der Waals surface area contributed by atoms with Crippen molar-refractivity contribution in [2.75, 3.05) is 0 Å². The van der Waals surface area contributed by atoms with Crippen molar-refractivity contribution in [3.05, 3.63) is 16.6 Å². The number of unbranched alkanes of at least 4 members (excludes halogenated alkanes) is 5. The maximum Gasteiger partial charge on any atom is 0.174 e. The lowest BCUT2D eigenvalue weighted by Gasteiger charge is -2.28. The minimum atomic E-state index is 0.241. The molecule has 1 atom stereocenters. The molecule has 0 saturated heterocycles. The summed E-state index contributed by atoms with van der Waals surface area (Å²) in [6.07, 6.45) is 13.9. The molecule has 2 nitrogen and oxygen atoms in total. The van der Waals surface area contributed by atoms with Gasteiger partial charge < -0.3 is 4.98 Å². The number of nitrogens with zero attached hydrogens (tertiary/aromatic N) is 1. The fraction of sp³-hybridized carbons (Fsp3) is 0.812. The van der Waals surface area contributed by atoms with Crippen molar-refractivity contribution in [3.63, 3.8) is 0 Å². The van der Waals surface area contributed by atoms with Crippen LogP contribution < -0.4 is 0 Å². The van der Waals surface area contributed by atoms with E-state index in [-0.39, 0.29) is 5.41 Å².